The number of aromatic nitrogens is 3. The highest BCUT2D eigenvalue weighted by Crippen LogP contribution is 2.26. The SMILES string of the molecule is CCc1nn(C)cc1CNc1nc2ccc(F)cc2s1. The Labute approximate surface area is 120 Å². The number of aryl methyl sites for hydroxylation is 2. The van der Waals surface area contributed by atoms with Crippen molar-refractivity contribution >= 4 is 26.7 Å². The summed E-state index contributed by atoms with van der Waals surface area (Å²) in [5, 5.41) is 8.50. The molecule has 3 aromatic rings. The molecule has 0 bridgehead atoms. The molecule has 4 nitrogen and oxygen atoms in total. The third-order valence-corrected chi connectivity index (χ3v) is 4.08. The molecule has 0 atom stereocenters. The average molecular weight is 290 g/mol. The first-order valence-electron chi connectivity index (χ1n) is 6.47. The van der Waals surface area contributed by atoms with Crippen LogP contribution in [-0.4, -0.2) is 14.8 Å². The largest absolute Gasteiger partial charge is 0.357 e. The van der Waals surface area contributed by atoms with Gasteiger partial charge in [0, 0.05) is 25.4 Å². The van der Waals surface area contributed by atoms with Crippen LogP contribution in [0.2, 0.25) is 0 Å². The molecule has 0 aliphatic heterocycles. The molecular formula is C14H15FN4S. The molecule has 1 N–H and O–H groups in total. The van der Waals surface area contributed by atoms with Gasteiger partial charge >= 0.3 is 0 Å². The lowest BCUT2D eigenvalue weighted by Crippen LogP contribution is -2.00. The second-order valence-corrected chi connectivity index (χ2v) is 5.64. The van der Waals surface area contributed by atoms with Gasteiger partial charge in [-0.2, -0.15) is 5.10 Å². The van der Waals surface area contributed by atoms with Crippen molar-refractivity contribution < 1.29 is 4.39 Å². The highest BCUT2D eigenvalue weighted by molar-refractivity contribution is 7.22. The number of fused-ring (bicyclic) bond motifs is 1. The summed E-state index contributed by atoms with van der Waals surface area (Å²) in [6.07, 6.45) is 2.92. The predicted molar refractivity (Wildman–Crippen MR) is 79.5 cm³/mol. The lowest BCUT2D eigenvalue weighted by molar-refractivity contribution is 0.630. The molecular weight excluding hydrogens is 275 g/mol. The van der Waals surface area contributed by atoms with Crippen LogP contribution in [0.15, 0.2) is 24.4 Å². The van der Waals surface area contributed by atoms with Crippen LogP contribution in [0.4, 0.5) is 9.52 Å². The summed E-state index contributed by atoms with van der Waals surface area (Å²) in [6, 6.07) is 4.65. The minimum Gasteiger partial charge on any atom is -0.357 e. The summed E-state index contributed by atoms with van der Waals surface area (Å²) in [5.41, 5.74) is 3.08. The summed E-state index contributed by atoms with van der Waals surface area (Å²) in [5.74, 6) is -0.228. The van der Waals surface area contributed by atoms with E-state index in [0.717, 1.165) is 27.5 Å². The van der Waals surface area contributed by atoms with E-state index in [4.69, 9.17) is 0 Å². The van der Waals surface area contributed by atoms with Gasteiger partial charge < -0.3 is 5.32 Å². The molecule has 1 aromatic carbocycles. The molecule has 0 fully saturated rings. The third kappa shape index (κ3) is 2.51. The van der Waals surface area contributed by atoms with Gasteiger partial charge in [-0.1, -0.05) is 18.3 Å². The smallest absolute Gasteiger partial charge is 0.184 e. The van der Waals surface area contributed by atoms with Crippen LogP contribution < -0.4 is 5.32 Å². The third-order valence-electron chi connectivity index (χ3n) is 3.11. The van der Waals surface area contributed by atoms with Crippen molar-refractivity contribution in [1.82, 2.24) is 14.8 Å². The van der Waals surface area contributed by atoms with Gasteiger partial charge in [-0.05, 0) is 24.6 Å². The fourth-order valence-electron chi connectivity index (χ4n) is 2.17. The van der Waals surface area contributed by atoms with Crippen molar-refractivity contribution in [1.29, 1.82) is 0 Å². The second kappa shape index (κ2) is 5.20. The highest BCUT2D eigenvalue weighted by Gasteiger charge is 2.08. The van der Waals surface area contributed by atoms with Gasteiger partial charge in [0.2, 0.25) is 0 Å². The highest BCUT2D eigenvalue weighted by atomic mass is 32.1. The van der Waals surface area contributed by atoms with Crippen LogP contribution in [0.1, 0.15) is 18.2 Å². The zero-order valence-electron chi connectivity index (χ0n) is 11.4. The van der Waals surface area contributed by atoms with Crippen molar-refractivity contribution in [2.75, 3.05) is 5.32 Å². The normalized spacial score (nSPS) is 11.2. The maximum absolute atomic E-state index is 13.1. The first-order valence-corrected chi connectivity index (χ1v) is 7.28. The van der Waals surface area contributed by atoms with E-state index in [1.807, 2.05) is 17.9 Å². The fourth-order valence-corrected chi connectivity index (χ4v) is 3.06. The Morgan fingerprint density at radius 2 is 2.25 bits per heavy atom. The predicted octanol–water partition coefficient (Wildman–Crippen LogP) is 3.34. The molecule has 104 valence electrons. The number of benzene rings is 1. The van der Waals surface area contributed by atoms with Crippen LogP contribution >= 0.6 is 11.3 Å². The summed E-state index contributed by atoms with van der Waals surface area (Å²) >= 11 is 1.46. The summed E-state index contributed by atoms with van der Waals surface area (Å²) in [7, 11) is 1.92. The van der Waals surface area contributed by atoms with Crippen molar-refractivity contribution in [2.45, 2.75) is 19.9 Å². The van der Waals surface area contributed by atoms with Crippen LogP contribution in [0, 0.1) is 5.82 Å². The minimum absolute atomic E-state index is 0.228. The van der Waals surface area contributed by atoms with Gasteiger partial charge in [0.1, 0.15) is 5.82 Å². The van der Waals surface area contributed by atoms with Crippen molar-refractivity contribution in [3.05, 3.63) is 41.5 Å². The number of rotatable bonds is 4. The summed E-state index contributed by atoms with van der Waals surface area (Å²) in [6.45, 7) is 2.77. The van der Waals surface area contributed by atoms with Gasteiger partial charge in [0.15, 0.2) is 5.13 Å². The van der Waals surface area contributed by atoms with E-state index in [0.29, 0.717) is 6.54 Å². The van der Waals surface area contributed by atoms with Crippen LogP contribution in [-0.2, 0) is 20.0 Å². The second-order valence-electron chi connectivity index (χ2n) is 4.61. The molecule has 3 rings (SSSR count). The van der Waals surface area contributed by atoms with E-state index in [9.17, 15) is 4.39 Å². The van der Waals surface area contributed by atoms with Gasteiger partial charge in [-0.25, -0.2) is 9.37 Å². The molecule has 0 aliphatic rings. The molecule has 0 saturated carbocycles. The Morgan fingerprint density at radius 1 is 1.40 bits per heavy atom. The Kier molecular flexibility index (Phi) is 3.40. The Balaban J connectivity index is 1.79. The summed E-state index contributed by atoms with van der Waals surface area (Å²) in [4.78, 5) is 4.44. The number of nitrogens with one attached hydrogen (secondary N) is 1. The Morgan fingerprint density at radius 3 is 3.05 bits per heavy atom. The van der Waals surface area contributed by atoms with Crippen LogP contribution in [0.3, 0.4) is 0 Å². The molecule has 0 radical (unpaired) electrons. The standard InChI is InChI=1S/C14H15FN4S/c1-3-11-9(8-19(2)18-11)7-16-14-17-12-5-4-10(15)6-13(12)20-14/h4-6,8H,3,7H2,1-2H3,(H,16,17). The van der Waals surface area contributed by atoms with Crippen molar-refractivity contribution in [3.8, 4) is 0 Å². The molecule has 0 amide bonds. The van der Waals surface area contributed by atoms with Crippen LogP contribution in [0.5, 0.6) is 0 Å². The number of nitrogens with zero attached hydrogens (tertiary/aromatic N) is 3. The van der Waals surface area contributed by atoms with E-state index in [1.54, 1.807) is 6.07 Å². The maximum atomic E-state index is 13.1. The first-order chi connectivity index (χ1) is 9.65. The molecule has 6 heteroatoms. The topological polar surface area (TPSA) is 42.7 Å². The van der Waals surface area contributed by atoms with E-state index in [-0.39, 0.29) is 5.82 Å². The van der Waals surface area contributed by atoms with E-state index in [1.165, 1.54) is 29.0 Å². The van der Waals surface area contributed by atoms with Crippen LogP contribution in [0.25, 0.3) is 10.2 Å². The quantitative estimate of drug-likeness (QED) is 0.801. The molecule has 0 unspecified atom stereocenters. The van der Waals surface area contributed by atoms with E-state index >= 15 is 0 Å². The zero-order valence-corrected chi connectivity index (χ0v) is 12.2. The van der Waals surface area contributed by atoms with Gasteiger partial charge in [-0.15, -0.1) is 0 Å². The van der Waals surface area contributed by atoms with Crippen molar-refractivity contribution in [3.63, 3.8) is 0 Å². The van der Waals surface area contributed by atoms with Gasteiger partial charge in [0.25, 0.3) is 0 Å². The monoisotopic (exact) mass is 290 g/mol. The minimum atomic E-state index is -0.228. The molecule has 0 aliphatic carbocycles. The number of hydrogen-bond acceptors (Lipinski definition) is 4. The molecule has 20 heavy (non-hydrogen) atoms. The number of thiazole rings is 1. The lowest BCUT2D eigenvalue weighted by Gasteiger charge is -2.01. The lowest BCUT2D eigenvalue weighted by atomic mass is 10.2. The maximum Gasteiger partial charge on any atom is 0.184 e. The fraction of sp³-hybridized carbons (Fsp3) is 0.286. The molecule has 0 saturated heterocycles. The van der Waals surface area contributed by atoms with E-state index in [2.05, 4.69) is 22.3 Å². The first kappa shape index (κ1) is 13.1. The molecule has 0 spiro atoms. The summed E-state index contributed by atoms with van der Waals surface area (Å²) < 4.78 is 15.8. The molecule has 2 aromatic heterocycles. The Bertz CT molecular complexity index is 747. The van der Waals surface area contributed by atoms with Gasteiger partial charge in [-0.3, -0.25) is 4.68 Å². The number of hydrogen-bond donors (Lipinski definition) is 1. The Hall–Kier alpha value is -1.95. The zero-order chi connectivity index (χ0) is 14.1. The van der Waals surface area contributed by atoms with Crippen molar-refractivity contribution in [2.24, 2.45) is 7.05 Å². The van der Waals surface area contributed by atoms with Gasteiger partial charge in [0.05, 0.1) is 15.9 Å². The number of anilines is 1. The molecule has 2 heterocycles. The number of halogens is 1. The van der Waals surface area contributed by atoms with E-state index < -0.39 is 0 Å². The average Bonchev–Trinajstić information content (AvgIpc) is 2.98.